The van der Waals surface area contributed by atoms with Crippen LogP contribution in [0.2, 0.25) is 0 Å². The molecule has 4 heterocycles. The molecule has 14 nitrogen and oxygen atoms in total. The molecule has 0 unspecified atom stereocenters. The number of rotatable bonds is 11. The molecular weight excluding hydrogens is 743 g/mol. The number of ether oxygens (including phenoxy) is 2. The molecule has 1 fully saturated rings. The van der Waals surface area contributed by atoms with Crippen molar-refractivity contribution < 1.29 is 38.1 Å². The molecule has 1 saturated heterocycles. The van der Waals surface area contributed by atoms with E-state index in [1.165, 1.54) is 34.9 Å². The number of esters is 2. The molecule has 0 aliphatic carbocycles. The van der Waals surface area contributed by atoms with E-state index in [1.807, 2.05) is 6.92 Å². The van der Waals surface area contributed by atoms with Crippen molar-refractivity contribution in [2.24, 2.45) is 5.41 Å². The number of aromatic nitrogens is 3. The molecule has 0 saturated carbocycles. The lowest BCUT2D eigenvalue weighted by molar-refractivity contribution is -0.165. The summed E-state index contributed by atoms with van der Waals surface area (Å²) in [7, 11) is 1.32. The molecule has 2 aliphatic rings. The number of nitrogens with zero attached hydrogens (tertiary/aromatic N) is 5. The van der Waals surface area contributed by atoms with Gasteiger partial charge in [-0.25, -0.2) is 4.39 Å². The summed E-state index contributed by atoms with van der Waals surface area (Å²) in [4.78, 5) is 66.5. The summed E-state index contributed by atoms with van der Waals surface area (Å²) in [5.41, 5.74) is -2.68. The quantitative estimate of drug-likeness (QED) is 0.267. The van der Waals surface area contributed by atoms with Gasteiger partial charge in [0.2, 0.25) is 11.3 Å². The van der Waals surface area contributed by atoms with Gasteiger partial charge in [-0.1, -0.05) is 30.4 Å². The third kappa shape index (κ3) is 9.82. The van der Waals surface area contributed by atoms with Crippen LogP contribution in [0, 0.1) is 11.2 Å². The maximum Gasteiger partial charge on any atom is 0.313 e. The molecule has 2 aliphatic heterocycles. The van der Waals surface area contributed by atoms with E-state index < -0.39 is 45.6 Å². The highest BCUT2D eigenvalue weighted by molar-refractivity contribution is 7.14. The third-order valence-electron chi connectivity index (χ3n) is 9.05. The second-order valence-electron chi connectivity index (χ2n) is 14.6. The Kier molecular flexibility index (Phi) is 14.5. The van der Waals surface area contributed by atoms with Crippen LogP contribution in [-0.2, 0) is 35.8 Å². The van der Waals surface area contributed by atoms with Crippen molar-refractivity contribution in [2.45, 2.75) is 78.9 Å². The second kappa shape index (κ2) is 17.8. The van der Waals surface area contributed by atoms with Gasteiger partial charge in [-0.15, -0.1) is 22.6 Å². The van der Waals surface area contributed by atoms with E-state index in [-0.39, 0.29) is 53.4 Å². The molecule has 2 amide bonds. The van der Waals surface area contributed by atoms with E-state index in [1.54, 1.807) is 58.6 Å². The molecule has 17 heteroatoms. The van der Waals surface area contributed by atoms with E-state index in [9.17, 15) is 33.5 Å². The van der Waals surface area contributed by atoms with E-state index in [2.05, 4.69) is 15.5 Å². The first kappa shape index (κ1) is 44.0. The standard InChI is InChI=1S/C24H24FN5O4S.C13H25NO4.ClH/c1-3-28-13-24(2,23(34)29-9-4-10-29)30-12-16(19(31)20(32)18(30)22(28)33)21-27-26-17(35-21)11-14-5-7-15(25)8-6-14;1-7-14-9-13(5,11(16)17-6)8-10(15)18-12(2,3)4;/h5-8,12,32H,3-4,9-11,13H2,1-2H3;14H,7-9H2,1-6H3;1H/t24-;13-;/m11./s1. The molecule has 3 aromatic rings. The maximum absolute atomic E-state index is 13.5. The van der Waals surface area contributed by atoms with Crippen molar-refractivity contribution in [1.82, 2.24) is 29.9 Å². The molecule has 1 aromatic carbocycles. The van der Waals surface area contributed by atoms with Crippen LogP contribution in [0.1, 0.15) is 82.4 Å². The van der Waals surface area contributed by atoms with Gasteiger partial charge in [-0.05, 0) is 72.2 Å². The zero-order valence-corrected chi connectivity index (χ0v) is 33.6. The van der Waals surface area contributed by atoms with E-state index >= 15 is 0 Å². The zero-order valence-electron chi connectivity index (χ0n) is 32.0. The fourth-order valence-corrected chi connectivity index (χ4v) is 6.94. The Morgan fingerprint density at radius 3 is 2.26 bits per heavy atom. The Morgan fingerprint density at radius 1 is 1.07 bits per heavy atom. The summed E-state index contributed by atoms with van der Waals surface area (Å²) < 4.78 is 24.6. The van der Waals surface area contributed by atoms with Crippen molar-refractivity contribution in [2.75, 3.05) is 46.4 Å². The average Bonchev–Trinajstić information content (AvgIpc) is 3.53. The Balaban J connectivity index is 0.000000353. The molecule has 0 radical (unpaired) electrons. The minimum atomic E-state index is -1.19. The highest BCUT2D eigenvalue weighted by atomic mass is 35.5. The highest BCUT2D eigenvalue weighted by Gasteiger charge is 2.48. The van der Waals surface area contributed by atoms with Gasteiger partial charge in [0.15, 0.2) is 16.5 Å². The van der Waals surface area contributed by atoms with Crippen molar-refractivity contribution in [3.05, 3.63) is 62.8 Å². The van der Waals surface area contributed by atoms with Crippen LogP contribution in [0.5, 0.6) is 5.75 Å². The number of pyridine rings is 1. The van der Waals surface area contributed by atoms with Gasteiger partial charge in [-0.2, -0.15) is 0 Å². The van der Waals surface area contributed by atoms with Crippen LogP contribution < -0.4 is 10.7 Å². The van der Waals surface area contributed by atoms with Crippen molar-refractivity contribution in [3.8, 4) is 16.3 Å². The lowest BCUT2D eigenvalue weighted by Gasteiger charge is -2.46. The number of benzene rings is 1. The molecular formula is C37H50ClFN6O8S. The average molecular weight is 793 g/mol. The van der Waals surface area contributed by atoms with Crippen molar-refractivity contribution in [1.29, 1.82) is 0 Å². The maximum atomic E-state index is 13.5. The smallest absolute Gasteiger partial charge is 0.313 e. The SMILES string of the molecule is CCN1C[C@](C)(C(=O)N2CCC2)n2cc(-c3nnc(Cc4ccc(F)cc4)s3)c(=O)c(O)c2C1=O.CCNC[C@@](C)(CC(=O)OC(C)(C)C)C(=O)OC.Cl. The summed E-state index contributed by atoms with van der Waals surface area (Å²) in [6.07, 6.45) is 2.75. The fraction of sp³-hybridized carbons (Fsp3) is 0.541. The van der Waals surface area contributed by atoms with Crippen molar-refractivity contribution >= 4 is 47.5 Å². The predicted molar refractivity (Wildman–Crippen MR) is 203 cm³/mol. The molecule has 0 bridgehead atoms. The third-order valence-corrected chi connectivity index (χ3v) is 10.0. The van der Waals surface area contributed by atoms with Crippen LogP contribution in [0.4, 0.5) is 4.39 Å². The number of hydrogen-bond acceptors (Lipinski definition) is 12. The molecule has 2 aromatic heterocycles. The summed E-state index contributed by atoms with van der Waals surface area (Å²) in [5, 5.41) is 23.1. The number of carbonyl (C=O) groups is 4. The van der Waals surface area contributed by atoms with Gasteiger partial charge in [-0.3, -0.25) is 24.0 Å². The van der Waals surface area contributed by atoms with Crippen LogP contribution in [0.15, 0.2) is 35.3 Å². The first-order valence-electron chi connectivity index (χ1n) is 17.5. The first-order chi connectivity index (χ1) is 24.9. The molecule has 5 rings (SSSR count). The largest absolute Gasteiger partial charge is 0.503 e. The lowest BCUT2D eigenvalue weighted by atomic mass is 9.86. The number of carbonyl (C=O) groups excluding carboxylic acids is 4. The van der Waals surface area contributed by atoms with Crippen LogP contribution in [0.25, 0.3) is 10.6 Å². The number of halogens is 2. The van der Waals surface area contributed by atoms with Crippen LogP contribution >= 0.6 is 23.7 Å². The highest BCUT2D eigenvalue weighted by Crippen LogP contribution is 2.35. The van der Waals surface area contributed by atoms with Gasteiger partial charge in [0.05, 0.1) is 31.1 Å². The minimum Gasteiger partial charge on any atom is -0.503 e. The van der Waals surface area contributed by atoms with Gasteiger partial charge in [0.25, 0.3) is 5.91 Å². The zero-order chi connectivity index (χ0) is 39.3. The number of fused-ring (bicyclic) bond motifs is 1. The summed E-state index contributed by atoms with van der Waals surface area (Å²) in [6.45, 7) is 15.4. The number of nitrogens with one attached hydrogen (secondary N) is 1. The van der Waals surface area contributed by atoms with Crippen LogP contribution in [-0.4, -0.2) is 105 Å². The summed E-state index contributed by atoms with van der Waals surface area (Å²) >= 11 is 1.16. The minimum absolute atomic E-state index is 0. The van der Waals surface area contributed by atoms with Crippen LogP contribution in [0.3, 0.4) is 0 Å². The molecule has 2 atom stereocenters. The van der Waals surface area contributed by atoms with E-state index in [0.717, 1.165) is 29.9 Å². The normalized spacial score (nSPS) is 17.5. The molecule has 0 spiro atoms. The summed E-state index contributed by atoms with van der Waals surface area (Å²) in [5.74, 6) is -2.52. The lowest BCUT2D eigenvalue weighted by Crippen LogP contribution is -2.62. The molecule has 2 N–H and O–H groups in total. The Bertz CT molecular complexity index is 1890. The number of likely N-dealkylation sites (N-methyl/N-ethyl adjacent to an activating group) is 1. The monoisotopic (exact) mass is 792 g/mol. The topological polar surface area (TPSA) is 173 Å². The Labute approximate surface area is 324 Å². The fourth-order valence-electron chi connectivity index (χ4n) is 6.06. The van der Waals surface area contributed by atoms with Gasteiger partial charge >= 0.3 is 11.9 Å². The van der Waals surface area contributed by atoms with E-state index in [0.29, 0.717) is 37.6 Å². The second-order valence-corrected chi connectivity index (χ2v) is 15.6. The van der Waals surface area contributed by atoms with Gasteiger partial charge in [0, 0.05) is 38.8 Å². The molecule has 296 valence electrons. The number of amides is 2. The Hall–Kier alpha value is -4.41. The van der Waals surface area contributed by atoms with Gasteiger partial charge < -0.3 is 34.3 Å². The number of aromatic hydroxyl groups is 1. The van der Waals surface area contributed by atoms with Gasteiger partial charge in [0.1, 0.15) is 22.0 Å². The number of hydrogen-bond donors (Lipinski definition) is 2. The number of methoxy groups -OCH3 is 1. The first-order valence-corrected chi connectivity index (χ1v) is 18.3. The number of likely N-dealkylation sites (tertiary alicyclic amines) is 1. The summed E-state index contributed by atoms with van der Waals surface area (Å²) in [6, 6.07) is 6.01. The molecule has 54 heavy (non-hydrogen) atoms. The predicted octanol–water partition coefficient (Wildman–Crippen LogP) is 4.15. The Morgan fingerprint density at radius 2 is 1.72 bits per heavy atom. The van der Waals surface area contributed by atoms with E-state index in [4.69, 9.17) is 9.47 Å². The van der Waals surface area contributed by atoms with Crippen molar-refractivity contribution in [3.63, 3.8) is 0 Å².